The van der Waals surface area contributed by atoms with Crippen LogP contribution in [0.5, 0.6) is 5.75 Å². The summed E-state index contributed by atoms with van der Waals surface area (Å²) in [6.07, 6.45) is 3.31. The topological polar surface area (TPSA) is 64.9 Å². The normalized spacial score (nSPS) is 11.9. The van der Waals surface area contributed by atoms with Gasteiger partial charge < -0.3 is 19.2 Å². The van der Waals surface area contributed by atoms with Gasteiger partial charge in [-0.3, -0.25) is 4.79 Å². The van der Waals surface area contributed by atoms with Crippen LogP contribution in [0.2, 0.25) is 0 Å². The standard InChI is InChI=1S/C24H23N3O3/c1-18(29-16-19-8-3-2-4-9-19)24(28)26-20-10-7-11-22(14-20)30-17-21-15-27-13-6-5-12-23(27)25-21/h2-15,18H,16-17H2,1H3,(H,26,28). The van der Waals surface area contributed by atoms with Crippen molar-refractivity contribution >= 4 is 17.2 Å². The molecule has 2 aromatic carbocycles. The molecule has 0 bridgehead atoms. The highest BCUT2D eigenvalue weighted by molar-refractivity contribution is 5.94. The number of anilines is 1. The summed E-state index contributed by atoms with van der Waals surface area (Å²) in [5.74, 6) is 0.450. The lowest BCUT2D eigenvalue weighted by Crippen LogP contribution is -2.27. The maximum absolute atomic E-state index is 12.4. The molecule has 0 radical (unpaired) electrons. The Balaban J connectivity index is 1.31. The number of hydrogen-bond acceptors (Lipinski definition) is 4. The number of carbonyl (C=O) groups is 1. The van der Waals surface area contributed by atoms with Crippen LogP contribution in [0, 0.1) is 0 Å². The van der Waals surface area contributed by atoms with Gasteiger partial charge in [0.25, 0.3) is 5.91 Å². The van der Waals surface area contributed by atoms with E-state index in [0.717, 1.165) is 16.9 Å². The summed E-state index contributed by atoms with van der Waals surface area (Å²) >= 11 is 0. The van der Waals surface area contributed by atoms with E-state index in [-0.39, 0.29) is 5.91 Å². The van der Waals surface area contributed by atoms with Crippen molar-refractivity contribution in [1.29, 1.82) is 0 Å². The van der Waals surface area contributed by atoms with E-state index in [1.165, 1.54) is 0 Å². The number of fused-ring (bicyclic) bond motifs is 1. The van der Waals surface area contributed by atoms with Gasteiger partial charge in [0.15, 0.2) is 0 Å². The van der Waals surface area contributed by atoms with E-state index in [0.29, 0.717) is 24.7 Å². The zero-order valence-electron chi connectivity index (χ0n) is 16.7. The number of rotatable bonds is 8. The lowest BCUT2D eigenvalue weighted by Gasteiger charge is -2.14. The maximum Gasteiger partial charge on any atom is 0.253 e. The van der Waals surface area contributed by atoms with E-state index in [9.17, 15) is 4.79 Å². The third-order valence-electron chi connectivity index (χ3n) is 4.61. The van der Waals surface area contributed by atoms with Crippen LogP contribution in [0.3, 0.4) is 0 Å². The molecule has 4 aromatic rings. The third-order valence-corrected chi connectivity index (χ3v) is 4.61. The number of carbonyl (C=O) groups excluding carboxylic acids is 1. The minimum Gasteiger partial charge on any atom is -0.487 e. The molecule has 0 spiro atoms. The molecule has 152 valence electrons. The van der Waals surface area contributed by atoms with Crippen LogP contribution in [-0.2, 0) is 22.7 Å². The Kier molecular flexibility index (Phi) is 6.06. The highest BCUT2D eigenvalue weighted by Crippen LogP contribution is 2.19. The van der Waals surface area contributed by atoms with E-state index in [1.54, 1.807) is 13.0 Å². The molecule has 0 fully saturated rings. The van der Waals surface area contributed by atoms with Crippen LogP contribution in [0.4, 0.5) is 5.69 Å². The minimum absolute atomic E-state index is 0.205. The van der Waals surface area contributed by atoms with E-state index < -0.39 is 6.10 Å². The van der Waals surface area contributed by atoms with Crippen LogP contribution in [0.25, 0.3) is 5.65 Å². The molecule has 1 N–H and O–H groups in total. The molecule has 0 saturated carbocycles. The van der Waals surface area contributed by atoms with E-state index in [4.69, 9.17) is 9.47 Å². The lowest BCUT2D eigenvalue weighted by molar-refractivity contribution is -0.127. The number of nitrogens with zero attached hydrogens (tertiary/aromatic N) is 2. The molecule has 2 aromatic heterocycles. The first-order chi connectivity index (χ1) is 14.7. The average Bonchev–Trinajstić information content (AvgIpc) is 3.20. The summed E-state index contributed by atoms with van der Waals surface area (Å²) in [5, 5.41) is 2.87. The quantitative estimate of drug-likeness (QED) is 0.474. The molecule has 1 amide bonds. The van der Waals surface area contributed by atoms with Crippen molar-refractivity contribution in [3.05, 3.63) is 96.4 Å². The molecule has 2 heterocycles. The molecular formula is C24H23N3O3. The predicted octanol–water partition coefficient (Wildman–Crippen LogP) is 4.46. The van der Waals surface area contributed by atoms with Crippen molar-refractivity contribution in [2.45, 2.75) is 26.2 Å². The second kappa shape index (κ2) is 9.24. The first-order valence-electron chi connectivity index (χ1n) is 9.79. The van der Waals surface area contributed by atoms with Crippen LogP contribution in [-0.4, -0.2) is 21.4 Å². The highest BCUT2D eigenvalue weighted by Gasteiger charge is 2.14. The van der Waals surface area contributed by atoms with E-state index >= 15 is 0 Å². The van der Waals surface area contributed by atoms with Gasteiger partial charge in [0.05, 0.1) is 12.3 Å². The summed E-state index contributed by atoms with van der Waals surface area (Å²) < 4.78 is 13.5. The minimum atomic E-state index is -0.576. The summed E-state index contributed by atoms with van der Waals surface area (Å²) in [6.45, 7) is 2.47. The van der Waals surface area contributed by atoms with Crippen molar-refractivity contribution < 1.29 is 14.3 Å². The molecule has 6 heteroatoms. The number of hydrogen-bond donors (Lipinski definition) is 1. The monoisotopic (exact) mass is 401 g/mol. The number of ether oxygens (including phenoxy) is 2. The van der Waals surface area contributed by atoms with E-state index in [1.807, 2.05) is 83.5 Å². The molecule has 1 unspecified atom stereocenters. The first kappa shape index (κ1) is 19.7. The van der Waals surface area contributed by atoms with Crippen LogP contribution in [0.15, 0.2) is 85.2 Å². The Morgan fingerprint density at radius 2 is 1.87 bits per heavy atom. The number of imidazole rings is 1. The number of amides is 1. The second-order valence-electron chi connectivity index (χ2n) is 6.94. The lowest BCUT2D eigenvalue weighted by atomic mass is 10.2. The van der Waals surface area contributed by atoms with Crippen molar-refractivity contribution in [3.63, 3.8) is 0 Å². The van der Waals surface area contributed by atoms with Crippen molar-refractivity contribution in [3.8, 4) is 5.75 Å². The number of pyridine rings is 1. The molecule has 6 nitrogen and oxygen atoms in total. The number of benzene rings is 2. The summed E-state index contributed by atoms with van der Waals surface area (Å²) in [7, 11) is 0. The molecule has 0 saturated heterocycles. The molecule has 0 aliphatic rings. The van der Waals surface area contributed by atoms with Crippen molar-refractivity contribution in [2.24, 2.45) is 0 Å². The molecule has 1 atom stereocenters. The summed E-state index contributed by atoms with van der Waals surface area (Å²) in [6, 6.07) is 22.9. The fourth-order valence-corrected chi connectivity index (χ4v) is 2.99. The first-order valence-corrected chi connectivity index (χ1v) is 9.79. The van der Waals surface area contributed by atoms with Crippen molar-refractivity contribution in [2.75, 3.05) is 5.32 Å². The third kappa shape index (κ3) is 5.04. The van der Waals surface area contributed by atoms with Gasteiger partial charge in [0, 0.05) is 24.1 Å². The Morgan fingerprint density at radius 3 is 2.70 bits per heavy atom. The molecule has 0 aliphatic heterocycles. The van der Waals surface area contributed by atoms with Gasteiger partial charge in [0.2, 0.25) is 0 Å². The Morgan fingerprint density at radius 1 is 1.03 bits per heavy atom. The zero-order chi connectivity index (χ0) is 20.8. The van der Waals surface area contributed by atoms with Gasteiger partial charge in [-0.15, -0.1) is 0 Å². The molecule has 30 heavy (non-hydrogen) atoms. The SMILES string of the molecule is CC(OCc1ccccc1)C(=O)Nc1cccc(OCc2cn3ccccc3n2)c1. The van der Waals surface area contributed by atoms with Crippen molar-refractivity contribution in [1.82, 2.24) is 9.38 Å². The molecule has 0 aliphatic carbocycles. The second-order valence-corrected chi connectivity index (χ2v) is 6.94. The average molecular weight is 401 g/mol. The zero-order valence-corrected chi connectivity index (χ0v) is 16.7. The fraction of sp³-hybridized carbons (Fsp3) is 0.167. The number of aromatic nitrogens is 2. The van der Waals surface area contributed by atoms with E-state index in [2.05, 4.69) is 10.3 Å². The molecule has 4 rings (SSSR count). The smallest absolute Gasteiger partial charge is 0.253 e. The van der Waals surface area contributed by atoms with Crippen LogP contribution < -0.4 is 10.1 Å². The van der Waals surface area contributed by atoms with Gasteiger partial charge in [-0.05, 0) is 36.8 Å². The Hall–Kier alpha value is -3.64. The van der Waals surface area contributed by atoms with Crippen LogP contribution in [0.1, 0.15) is 18.2 Å². The fourth-order valence-electron chi connectivity index (χ4n) is 2.99. The Labute approximate surface area is 175 Å². The largest absolute Gasteiger partial charge is 0.487 e. The van der Waals surface area contributed by atoms with Gasteiger partial charge in [-0.1, -0.05) is 42.5 Å². The van der Waals surface area contributed by atoms with Gasteiger partial charge in [-0.2, -0.15) is 0 Å². The van der Waals surface area contributed by atoms with Gasteiger partial charge in [0.1, 0.15) is 24.1 Å². The molecular weight excluding hydrogens is 378 g/mol. The van der Waals surface area contributed by atoms with Gasteiger partial charge in [-0.25, -0.2) is 4.98 Å². The summed E-state index contributed by atoms with van der Waals surface area (Å²) in [5.41, 5.74) is 3.39. The predicted molar refractivity (Wildman–Crippen MR) is 115 cm³/mol. The Bertz CT molecular complexity index is 1090. The highest BCUT2D eigenvalue weighted by atomic mass is 16.5. The summed E-state index contributed by atoms with van der Waals surface area (Å²) in [4.78, 5) is 17.0. The number of nitrogens with one attached hydrogen (secondary N) is 1. The van der Waals surface area contributed by atoms with Gasteiger partial charge >= 0.3 is 0 Å². The maximum atomic E-state index is 12.4. The van der Waals surface area contributed by atoms with Crippen LogP contribution >= 0.6 is 0 Å².